The van der Waals surface area contributed by atoms with E-state index in [0.717, 1.165) is 32.1 Å². The summed E-state index contributed by atoms with van der Waals surface area (Å²) >= 11 is 0. The Balaban J connectivity index is 1.75. The maximum Gasteiger partial charge on any atom is 0.271 e. The van der Waals surface area contributed by atoms with E-state index >= 15 is 0 Å². The van der Waals surface area contributed by atoms with Gasteiger partial charge in [-0.2, -0.15) is 4.31 Å². The summed E-state index contributed by atoms with van der Waals surface area (Å²) in [6, 6.07) is 8.89. The van der Waals surface area contributed by atoms with Gasteiger partial charge in [-0.1, -0.05) is 19.3 Å². The number of rotatable bonds is 5. The molecule has 1 amide bonds. The second-order valence-corrected chi connectivity index (χ2v) is 8.70. The molecule has 1 saturated carbocycles. The van der Waals surface area contributed by atoms with Crippen molar-refractivity contribution in [1.82, 2.24) is 9.29 Å². The fourth-order valence-corrected chi connectivity index (χ4v) is 4.72. The number of aromatic nitrogens is 1. The minimum atomic E-state index is -3.60. The topological polar surface area (TPSA) is 99.3 Å². The first-order valence-electron chi connectivity index (χ1n) is 8.97. The molecule has 0 bridgehead atoms. The molecule has 1 aliphatic carbocycles. The van der Waals surface area contributed by atoms with Crippen LogP contribution >= 0.6 is 0 Å². The highest BCUT2D eigenvalue weighted by atomic mass is 32.2. The predicted molar refractivity (Wildman–Crippen MR) is 103 cm³/mol. The number of H-pyrrole nitrogens is 1. The van der Waals surface area contributed by atoms with Crippen LogP contribution in [-0.2, 0) is 10.0 Å². The first kappa shape index (κ1) is 19.3. The van der Waals surface area contributed by atoms with E-state index in [2.05, 4.69) is 10.3 Å². The molecular weight excluding hydrogens is 366 g/mol. The average molecular weight is 389 g/mol. The van der Waals surface area contributed by atoms with Gasteiger partial charge in [0.2, 0.25) is 10.0 Å². The van der Waals surface area contributed by atoms with Crippen molar-refractivity contribution in [2.24, 2.45) is 0 Å². The highest BCUT2D eigenvalue weighted by Crippen LogP contribution is 2.26. The Morgan fingerprint density at radius 2 is 1.78 bits per heavy atom. The smallest absolute Gasteiger partial charge is 0.271 e. The molecule has 1 heterocycles. The molecule has 0 spiro atoms. The van der Waals surface area contributed by atoms with Gasteiger partial charge in [0.25, 0.3) is 11.5 Å². The van der Waals surface area contributed by atoms with Crippen LogP contribution in [0.25, 0.3) is 0 Å². The van der Waals surface area contributed by atoms with Gasteiger partial charge in [-0.25, -0.2) is 8.42 Å². The molecule has 0 atom stereocenters. The van der Waals surface area contributed by atoms with Crippen molar-refractivity contribution in [2.75, 3.05) is 12.4 Å². The molecule has 1 aromatic heterocycles. The number of benzene rings is 1. The van der Waals surface area contributed by atoms with Crippen LogP contribution in [0.1, 0.15) is 42.5 Å². The van der Waals surface area contributed by atoms with Crippen molar-refractivity contribution in [3.8, 4) is 0 Å². The van der Waals surface area contributed by atoms with Gasteiger partial charge in [-0.05, 0) is 49.2 Å². The lowest BCUT2D eigenvalue weighted by atomic mass is 9.96. The molecule has 7 nitrogen and oxygen atoms in total. The van der Waals surface area contributed by atoms with Gasteiger partial charge in [-0.15, -0.1) is 0 Å². The molecule has 1 aromatic carbocycles. The molecule has 2 N–H and O–H groups in total. The fraction of sp³-hybridized carbons (Fsp3) is 0.368. The van der Waals surface area contributed by atoms with Crippen LogP contribution in [0.2, 0.25) is 0 Å². The van der Waals surface area contributed by atoms with E-state index in [4.69, 9.17) is 0 Å². The Morgan fingerprint density at radius 1 is 1.11 bits per heavy atom. The monoisotopic (exact) mass is 389 g/mol. The second-order valence-electron chi connectivity index (χ2n) is 6.70. The summed E-state index contributed by atoms with van der Waals surface area (Å²) < 4.78 is 27.1. The van der Waals surface area contributed by atoms with E-state index in [1.807, 2.05) is 0 Å². The van der Waals surface area contributed by atoms with E-state index in [1.54, 1.807) is 13.1 Å². The van der Waals surface area contributed by atoms with Crippen molar-refractivity contribution >= 4 is 21.6 Å². The van der Waals surface area contributed by atoms with Crippen LogP contribution in [0.15, 0.2) is 52.3 Å². The van der Waals surface area contributed by atoms with Gasteiger partial charge < -0.3 is 10.3 Å². The standard InChI is InChI=1S/C19H23N3O4S/c1-22(15-6-3-2-4-7-15)27(25,26)16-11-9-14(10-12-16)18(23)21-17-8-5-13-20-19(17)24/h5,8-13,15H,2-4,6-7H2,1H3,(H,20,24)(H,21,23). The normalized spacial score (nSPS) is 15.6. The Kier molecular flexibility index (Phi) is 5.76. The number of nitrogens with one attached hydrogen (secondary N) is 2. The van der Waals surface area contributed by atoms with E-state index in [0.29, 0.717) is 0 Å². The third-order valence-corrected chi connectivity index (χ3v) is 6.87. The lowest BCUT2D eigenvalue weighted by molar-refractivity contribution is 0.102. The van der Waals surface area contributed by atoms with Gasteiger partial charge in [-0.3, -0.25) is 9.59 Å². The van der Waals surface area contributed by atoms with Crippen LogP contribution in [0.4, 0.5) is 5.69 Å². The number of nitrogens with zero attached hydrogens (tertiary/aromatic N) is 1. The molecule has 27 heavy (non-hydrogen) atoms. The Bertz CT molecular complexity index is 961. The summed E-state index contributed by atoms with van der Waals surface area (Å²) in [5.74, 6) is -0.476. The zero-order valence-electron chi connectivity index (χ0n) is 15.1. The zero-order chi connectivity index (χ0) is 19.4. The quantitative estimate of drug-likeness (QED) is 0.821. The van der Waals surface area contributed by atoms with Crippen molar-refractivity contribution in [2.45, 2.75) is 43.0 Å². The molecular formula is C19H23N3O4S. The summed E-state index contributed by atoms with van der Waals surface area (Å²) in [7, 11) is -1.98. The molecule has 0 unspecified atom stereocenters. The largest absolute Gasteiger partial charge is 0.327 e. The number of amides is 1. The minimum Gasteiger partial charge on any atom is -0.327 e. The third kappa shape index (κ3) is 4.28. The second kappa shape index (κ2) is 8.06. The summed E-state index contributed by atoms with van der Waals surface area (Å²) in [6.45, 7) is 0. The Hall–Kier alpha value is -2.45. The van der Waals surface area contributed by atoms with Crippen molar-refractivity contribution in [3.63, 3.8) is 0 Å². The summed E-state index contributed by atoms with van der Waals surface area (Å²) in [5, 5.41) is 2.52. The van der Waals surface area contributed by atoms with Gasteiger partial charge in [0.1, 0.15) is 5.69 Å². The summed E-state index contributed by atoms with van der Waals surface area (Å²) in [6.07, 6.45) is 6.47. The van der Waals surface area contributed by atoms with E-state index in [9.17, 15) is 18.0 Å². The number of sulfonamides is 1. The van der Waals surface area contributed by atoms with E-state index in [-0.39, 0.29) is 22.2 Å². The summed E-state index contributed by atoms with van der Waals surface area (Å²) in [5.41, 5.74) is 0.00732. The maximum atomic E-state index is 12.8. The lowest BCUT2D eigenvalue weighted by Crippen LogP contribution is -2.38. The van der Waals surface area contributed by atoms with Crippen LogP contribution in [0.5, 0.6) is 0 Å². The lowest BCUT2D eigenvalue weighted by Gasteiger charge is -2.30. The molecule has 0 saturated heterocycles. The Labute approximate surface area is 158 Å². The van der Waals surface area contributed by atoms with Crippen LogP contribution in [-0.4, -0.2) is 36.7 Å². The summed E-state index contributed by atoms with van der Waals surface area (Å²) in [4.78, 5) is 26.6. The van der Waals surface area contributed by atoms with Crippen molar-refractivity contribution in [1.29, 1.82) is 0 Å². The van der Waals surface area contributed by atoms with Crippen LogP contribution < -0.4 is 10.9 Å². The number of pyridine rings is 1. The number of hydrogen-bond donors (Lipinski definition) is 2. The molecule has 8 heteroatoms. The highest BCUT2D eigenvalue weighted by Gasteiger charge is 2.29. The zero-order valence-corrected chi connectivity index (χ0v) is 16.0. The highest BCUT2D eigenvalue weighted by molar-refractivity contribution is 7.89. The fourth-order valence-electron chi connectivity index (χ4n) is 3.30. The maximum absolute atomic E-state index is 12.8. The van der Waals surface area contributed by atoms with Gasteiger partial charge >= 0.3 is 0 Å². The Morgan fingerprint density at radius 3 is 2.41 bits per heavy atom. The number of aromatic amines is 1. The molecule has 1 aliphatic rings. The number of carbonyl (C=O) groups is 1. The molecule has 3 rings (SSSR count). The van der Waals surface area contributed by atoms with Crippen molar-refractivity contribution < 1.29 is 13.2 Å². The first-order valence-corrected chi connectivity index (χ1v) is 10.4. The van der Waals surface area contributed by atoms with Gasteiger partial charge in [0.15, 0.2) is 0 Å². The molecule has 0 radical (unpaired) electrons. The SMILES string of the molecule is CN(C1CCCCC1)S(=O)(=O)c1ccc(C(=O)Nc2ccc[nH]c2=O)cc1. The molecule has 144 valence electrons. The van der Waals surface area contributed by atoms with Crippen LogP contribution in [0, 0.1) is 0 Å². The number of hydrogen-bond acceptors (Lipinski definition) is 4. The van der Waals surface area contributed by atoms with Crippen LogP contribution in [0.3, 0.4) is 0 Å². The predicted octanol–water partition coefficient (Wildman–Crippen LogP) is 2.58. The minimum absolute atomic E-state index is 0.0246. The van der Waals surface area contributed by atoms with E-state index < -0.39 is 21.5 Å². The molecule has 1 fully saturated rings. The molecule has 0 aliphatic heterocycles. The van der Waals surface area contributed by atoms with Gasteiger partial charge in [0.05, 0.1) is 4.90 Å². The van der Waals surface area contributed by atoms with Crippen molar-refractivity contribution in [3.05, 3.63) is 58.5 Å². The number of anilines is 1. The van der Waals surface area contributed by atoms with E-state index in [1.165, 1.54) is 40.8 Å². The third-order valence-electron chi connectivity index (χ3n) is 4.95. The van der Waals surface area contributed by atoms with Gasteiger partial charge in [0, 0.05) is 24.8 Å². The molecule has 2 aromatic rings. The first-order chi connectivity index (χ1) is 12.9. The number of carbonyl (C=O) groups excluding carboxylic acids is 1. The average Bonchev–Trinajstić information content (AvgIpc) is 2.70.